The molecule has 0 unspecified atom stereocenters. The maximum absolute atomic E-state index is 12.1. The van der Waals surface area contributed by atoms with Crippen molar-refractivity contribution in [3.8, 4) is 11.5 Å². The molecule has 1 saturated carbocycles. The quantitative estimate of drug-likeness (QED) is 0.886. The number of aromatic nitrogens is 2. The van der Waals surface area contributed by atoms with E-state index in [0.29, 0.717) is 22.2 Å². The van der Waals surface area contributed by atoms with Crippen LogP contribution in [0.1, 0.15) is 45.4 Å². The minimum atomic E-state index is -3.28. The van der Waals surface area contributed by atoms with Gasteiger partial charge in [-0.05, 0) is 51.0 Å². The van der Waals surface area contributed by atoms with Crippen molar-refractivity contribution in [2.24, 2.45) is 5.73 Å². The van der Waals surface area contributed by atoms with Crippen molar-refractivity contribution in [2.75, 3.05) is 0 Å². The number of hydrogen-bond acceptors (Lipinski definition) is 6. The first-order valence-corrected chi connectivity index (χ1v) is 9.35. The zero-order chi connectivity index (χ0) is 16.7. The van der Waals surface area contributed by atoms with Crippen molar-refractivity contribution in [1.29, 1.82) is 0 Å². The number of benzene rings is 1. The lowest BCUT2D eigenvalue weighted by Crippen LogP contribution is -2.34. The summed E-state index contributed by atoms with van der Waals surface area (Å²) in [5.74, 6) is 0.897. The molecule has 1 fully saturated rings. The number of halogens is 1. The summed E-state index contributed by atoms with van der Waals surface area (Å²) in [6.07, 6.45) is 3.86. The van der Waals surface area contributed by atoms with Gasteiger partial charge in [-0.2, -0.15) is 4.98 Å². The maximum atomic E-state index is 12.1. The van der Waals surface area contributed by atoms with Crippen LogP contribution in [-0.4, -0.2) is 23.8 Å². The Morgan fingerprint density at radius 3 is 2.29 bits per heavy atom. The molecule has 1 heterocycles. The summed E-state index contributed by atoms with van der Waals surface area (Å²) < 4.78 is 29.6. The Kier molecular flexibility index (Phi) is 5.37. The molecule has 1 aliphatic carbocycles. The fraction of sp³-hybridized carbons (Fsp3) is 0.500. The molecule has 0 spiro atoms. The highest BCUT2D eigenvalue weighted by Crippen LogP contribution is 2.35. The lowest BCUT2D eigenvalue weighted by molar-refractivity contribution is 0.372. The average molecular weight is 372 g/mol. The first-order valence-electron chi connectivity index (χ1n) is 7.80. The Hall–Kier alpha value is -1.44. The van der Waals surface area contributed by atoms with E-state index in [4.69, 9.17) is 10.3 Å². The monoisotopic (exact) mass is 371 g/mol. The first-order chi connectivity index (χ1) is 10.8. The van der Waals surface area contributed by atoms with Gasteiger partial charge >= 0.3 is 0 Å². The van der Waals surface area contributed by atoms with Gasteiger partial charge in [0.05, 0.1) is 15.7 Å². The van der Waals surface area contributed by atoms with Gasteiger partial charge in [0.1, 0.15) is 0 Å². The van der Waals surface area contributed by atoms with Crippen LogP contribution < -0.4 is 5.73 Å². The number of rotatable bonds is 4. The van der Waals surface area contributed by atoms with Crippen LogP contribution in [0.2, 0.25) is 0 Å². The molecule has 2 N–H and O–H groups in total. The second-order valence-corrected chi connectivity index (χ2v) is 8.91. The van der Waals surface area contributed by atoms with E-state index in [-0.39, 0.29) is 12.4 Å². The minimum Gasteiger partial charge on any atom is -0.334 e. The molecule has 0 amide bonds. The van der Waals surface area contributed by atoms with Crippen molar-refractivity contribution < 1.29 is 12.9 Å². The first kappa shape index (κ1) is 18.9. The molecular weight excluding hydrogens is 350 g/mol. The number of nitrogens with two attached hydrogens (primary N) is 1. The molecule has 3 rings (SSSR count). The molecule has 0 atom stereocenters. The van der Waals surface area contributed by atoms with Crippen LogP contribution in [0.25, 0.3) is 11.5 Å². The Morgan fingerprint density at radius 2 is 1.75 bits per heavy atom. The number of nitrogens with zero attached hydrogens (tertiary/aromatic N) is 2. The van der Waals surface area contributed by atoms with Crippen LogP contribution >= 0.6 is 12.4 Å². The molecule has 1 aromatic carbocycles. The van der Waals surface area contributed by atoms with Crippen molar-refractivity contribution >= 4 is 22.2 Å². The van der Waals surface area contributed by atoms with Gasteiger partial charge in [-0.3, -0.25) is 0 Å². The normalized spacial score (nSPS) is 17.0. The predicted molar refractivity (Wildman–Crippen MR) is 93.6 cm³/mol. The van der Waals surface area contributed by atoms with Crippen LogP contribution in [0.4, 0.5) is 0 Å². The van der Waals surface area contributed by atoms with Crippen molar-refractivity contribution in [2.45, 2.75) is 55.2 Å². The highest BCUT2D eigenvalue weighted by atomic mass is 35.5. The summed E-state index contributed by atoms with van der Waals surface area (Å²) in [5, 5.41) is 3.56. The Bertz CT molecular complexity index is 794. The van der Waals surface area contributed by atoms with Gasteiger partial charge < -0.3 is 10.3 Å². The smallest absolute Gasteiger partial charge is 0.257 e. The highest BCUT2D eigenvalue weighted by Gasteiger charge is 2.36. The topological polar surface area (TPSA) is 99.1 Å². The zero-order valence-corrected chi connectivity index (χ0v) is 15.4. The van der Waals surface area contributed by atoms with E-state index in [1.54, 1.807) is 38.1 Å². The van der Waals surface area contributed by atoms with E-state index in [2.05, 4.69) is 10.1 Å². The van der Waals surface area contributed by atoms with Gasteiger partial charge in [-0.25, -0.2) is 8.42 Å². The molecule has 0 radical (unpaired) electrons. The molecule has 132 valence electrons. The second-order valence-electron chi connectivity index (χ2n) is 6.40. The molecular formula is C16H22ClN3O3S. The highest BCUT2D eigenvalue weighted by molar-refractivity contribution is 7.92. The summed E-state index contributed by atoms with van der Waals surface area (Å²) in [6.45, 7) is 3.33. The van der Waals surface area contributed by atoms with Gasteiger partial charge in [0.2, 0.25) is 0 Å². The summed E-state index contributed by atoms with van der Waals surface area (Å²) in [6, 6.07) is 6.51. The van der Waals surface area contributed by atoms with Crippen LogP contribution in [0.5, 0.6) is 0 Å². The van der Waals surface area contributed by atoms with E-state index in [1.165, 1.54) is 0 Å². The third kappa shape index (κ3) is 3.34. The molecule has 1 aromatic heterocycles. The van der Waals surface area contributed by atoms with Gasteiger partial charge in [0.15, 0.2) is 15.7 Å². The summed E-state index contributed by atoms with van der Waals surface area (Å²) >= 11 is 0. The fourth-order valence-corrected chi connectivity index (χ4v) is 3.89. The van der Waals surface area contributed by atoms with E-state index in [0.717, 1.165) is 25.7 Å². The van der Waals surface area contributed by atoms with Crippen LogP contribution in [0, 0.1) is 0 Å². The van der Waals surface area contributed by atoms with Crippen LogP contribution in [0.3, 0.4) is 0 Å². The van der Waals surface area contributed by atoms with Crippen molar-refractivity contribution in [3.63, 3.8) is 0 Å². The standard InChI is InChI=1S/C16H21N3O3S.ClH/c1-11(2)23(20,21)13-7-5-12(6-8-13)14-18-15(19-22-14)16(17)9-3-4-10-16;/h5-8,11H,3-4,9-10,17H2,1-2H3;1H. The van der Waals surface area contributed by atoms with Gasteiger partial charge in [-0.1, -0.05) is 18.0 Å². The molecule has 0 bridgehead atoms. The maximum Gasteiger partial charge on any atom is 0.257 e. The Morgan fingerprint density at radius 1 is 1.17 bits per heavy atom. The van der Waals surface area contributed by atoms with Crippen molar-refractivity contribution in [1.82, 2.24) is 10.1 Å². The van der Waals surface area contributed by atoms with Gasteiger partial charge in [0.25, 0.3) is 5.89 Å². The van der Waals surface area contributed by atoms with Crippen molar-refractivity contribution in [3.05, 3.63) is 30.1 Å². The van der Waals surface area contributed by atoms with Crippen LogP contribution in [-0.2, 0) is 15.4 Å². The molecule has 0 saturated heterocycles. The Balaban J connectivity index is 0.00000208. The SMILES string of the molecule is CC(C)S(=O)(=O)c1ccc(-c2nc(C3(N)CCCC3)no2)cc1.Cl. The van der Waals surface area contributed by atoms with Gasteiger partial charge in [0, 0.05) is 5.56 Å². The molecule has 8 heteroatoms. The van der Waals surface area contributed by atoms with Crippen LogP contribution in [0.15, 0.2) is 33.7 Å². The van der Waals surface area contributed by atoms with E-state index in [1.807, 2.05) is 0 Å². The molecule has 0 aliphatic heterocycles. The third-order valence-corrected chi connectivity index (χ3v) is 6.59. The number of sulfone groups is 1. The average Bonchev–Trinajstić information content (AvgIpc) is 3.17. The molecule has 6 nitrogen and oxygen atoms in total. The molecule has 2 aromatic rings. The van der Waals surface area contributed by atoms with E-state index < -0.39 is 20.6 Å². The summed E-state index contributed by atoms with van der Waals surface area (Å²) in [7, 11) is -3.28. The summed E-state index contributed by atoms with van der Waals surface area (Å²) in [5.41, 5.74) is 6.51. The molecule has 1 aliphatic rings. The lowest BCUT2D eigenvalue weighted by Gasteiger charge is -2.17. The summed E-state index contributed by atoms with van der Waals surface area (Å²) in [4.78, 5) is 4.70. The fourth-order valence-electron chi connectivity index (χ4n) is 2.83. The third-order valence-electron chi connectivity index (χ3n) is 4.42. The zero-order valence-electron chi connectivity index (χ0n) is 13.7. The number of hydrogen-bond donors (Lipinski definition) is 1. The Labute approximate surface area is 148 Å². The predicted octanol–water partition coefficient (Wildman–Crippen LogP) is 3.07. The van der Waals surface area contributed by atoms with E-state index in [9.17, 15) is 8.42 Å². The minimum absolute atomic E-state index is 0. The lowest BCUT2D eigenvalue weighted by atomic mass is 9.99. The van der Waals surface area contributed by atoms with Gasteiger partial charge in [-0.15, -0.1) is 12.4 Å². The van der Waals surface area contributed by atoms with E-state index >= 15 is 0 Å². The largest absolute Gasteiger partial charge is 0.334 e. The second kappa shape index (κ2) is 6.82. The molecule has 24 heavy (non-hydrogen) atoms.